The molecule has 0 saturated heterocycles. The van der Waals surface area contributed by atoms with Crippen LogP contribution in [0.4, 0.5) is 0 Å². The van der Waals surface area contributed by atoms with Crippen molar-refractivity contribution in [1.82, 2.24) is 15.5 Å². The van der Waals surface area contributed by atoms with Gasteiger partial charge in [-0.15, -0.1) is 11.3 Å². The van der Waals surface area contributed by atoms with Gasteiger partial charge in [0.05, 0.1) is 22.0 Å². The summed E-state index contributed by atoms with van der Waals surface area (Å²) in [7, 11) is 0. The molecule has 170 valence electrons. The molecule has 0 fully saturated rings. The molecule has 2 aliphatic heterocycles. The zero-order chi connectivity index (χ0) is 22.5. The van der Waals surface area contributed by atoms with E-state index in [0.29, 0.717) is 11.4 Å². The highest BCUT2D eigenvalue weighted by atomic mass is 35.5. The van der Waals surface area contributed by atoms with E-state index in [4.69, 9.17) is 20.9 Å². The lowest BCUT2D eigenvalue weighted by Gasteiger charge is -2.28. The van der Waals surface area contributed by atoms with Crippen molar-refractivity contribution >= 4 is 33.2 Å². The van der Waals surface area contributed by atoms with E-state index in [9.17, 15) is 5.11 Å². The Morgan fingerprint density at radius 2 is 2.18 bits per heavy atom. The van der Waals surface area contributed by atoms with Crippen LogP contribution in [0, 0.1) is 0 Å². The number of nitrogens with one attached hydrogen (secondary N) is 1. The Balaban J connectivity index is 1.45. The third-order valence-electron chi connectivity index (χ3n) is 6.54. The highest BCUT2D eigenvalue weighted by Crippen LogP contribution is 2.47. The molecule has 0 saturated carbocycles. The molecule has 33 heavy (non-hydrogen) atoms. The first-order valence-corrected chi connectivity index (χ1v) is 12.6. The fourth-order valence-corrected chi connectivity index (χ4v) is 6.25. The van der Waals surface area contributed by atoms with Crippen LogP contribution in [0.15, 0.2) is 35.0 Å². The molecule has 0 radical (unpaired) electrons. The molecule has 4 aromatic rings. The van der Waals surface area contributed by atoms with Gasteiger partial charge in [0.2, 0.25) is 0 Å². The Morgan fingerprint density at radius 1 is 1.27 bits per heavy atom. The van der Waals surface area contributed by atoms with Crippen LogP contribution < -0.4 is 10.1 Å². The Labute approximate surface area is 200 Å². The number of benzene rings is 1. The number of hydrogen-bond acceptors (Lipinski definition) is 7. The maximum Gasteiger partial charge on any atom is 0.181 e. The van der Waals surface area contributed by atoms with E-state index < -0.39 is 6.10 Å². The molecule has 1 unspecified atom stereocenters. The largest absolute Gasteiger partial charge is 0.481 e. The zero-order valence-corrected chi connectivity index (χ0v) is 19.8. The van der Waals surface area contributed by atoms with Crippen LogP contribution in [0.3, 0.4) is 0 Å². The van der Waals surface area contributed by atoms with Gasteiger partial charge in [0.15, 0.2) is 11.9 Å². The average Bonchev–Trinajstić information content (AvgIpc) is 3.47. The molecule has 0 bridgehead atoms. The minimum atomic E-state index is -0.489. The third kappa shape index (κ3) is 3.64. The van der Waals surface area contributed by atoms with Gasteiger partial charge in [-0.3, -0.25) is 4.98 Å². The second-order valence-electron chi connectivity index (χ2n) is 8.63. The van der Waals surface area contributed by atoms with E-state index >= 15 is 0 Å². The zero-order valence-electron chi connectivity index (χ0n) is 18.2. The van der Waals surface area contributed by atoms with E-state index in [0.717, 1.165) is 86.9 Å². The first-order chi connectivity index (χ1) is 16.1. The Kier molecular flexibility index (Phi) is 5.37. The predicted octanol–water partition coefficient (Wildman–Crippen LogP) is 5.76. The summed E-state index contributed by atoms with van der Waals surface area (Å²) in [5, 5.41) is 18.8. The van der Waals surface area contributed by atoms with Crippen molar-refractivity contribution in [2.75, 3.05) is 6.54 Å². The molecule has 2 aliphatic rings. The van der Waals surface area contributed by atoms with Crippen molar-refractivity contribution < 1.29 is 14.4 Å². The number of thiophene rings is 1. The third-order valence-corrected chi connectivity index (χ3v) is 8.01. The number of pyridine rings is 1. The van der Waals surface area contributed by atoms with Gasteiger partial charge in [-0.05, 0) is 49.1 Å². The maximum absolute atomic E-state index is 10.4. The molecular formula is C25H24ClN3O3S. The molecule has 2 atom stereocenters. The number of aliphatic hydroxyl groups is 1. The van der Waals surface area contributed by atoms with Gasteiger partial charge in [-0.1, -0.05) is 23.7 Å². The summed E-state index contributed by atoms with van der Waals surface area (Å²) < 4.78 is 13.4. The van der Waals surface area contributed by atoms with E-state index in [-0.39, 0.29) is 6.10 Å². The molecule has 0 spiro atoms. The Morgan fingerprint density at radius 3 is 3.06 bits per heavy atom. The smallest absolute Gasteiger partial charge is 0.181 e. The molecule has 2 N–H and O–H groups in total. The number of fused-ring (bicyclic) bond motifs is 3. The van der Waals surface area contributed by atoms with E-state index in [1.165, 1.54) is 0 Å². The van der Waals surface area contributed by atoms with Crippen LogP contribution in [0.5, 0.6) is 5.75 Å². The first-order valence-electron chi connectivity index (χ1n) is 11.4. The fourth-order valence-electron chi connectivity index (χ4n) is 4.80. The molecule has 5 heterocycles. The molecule has 8 heteroatoms. The van der Waals surface area contributed by atoms with E-state index in [1.54, 1.807) is 17.5 Å². The van der Waals surface area contributed by atoms with Crippen molar-refractivity contribution in [3.8, 4) is 16.9 Å². The monoisotopic (exact) mass is 481 g/mol. The summed E-state index contributed by atoms with van der Waals surface area (Å²) in [4.78, 5) is 5.46. The van der Waals surface area contributed by atoms with Crippen molar-refractivity contribution in [3.05, 3.63) is 62.9 Å². The minimum absolute atomic E-state index is 0.188. The maximum atomic E-state index is 10.4. The number of nitrogens with zero attached hydrogens (tertiary/aromatic N) is 2. The fraction of sp³-hybridized carbons (Fsp3) is 0.360. The highest BCUT2D eigenvalue weighted by Gasteiger charge is 2.32. The normalized spacial score (nSPS) is 18.6. The summed E-state index contributed by atoms with van der Waals surface area (Å²) in [6.45, 7) is 3.66. The van der Waals surface area contributed by atoms with Gasteiger partial charge < -0.3 is 19.7 Å². The summed E-state index contributed by atoms with van der Waals surface area (Å²) in [6.07, 6.45) is 4.32. The summed E-state index contributed by atoms with van der Waals surface area (Å²) in [6, 6.07) is 7.93. The lowest BCUT2D eigenvalue weighted by molar-refractivity contribution is 0.140. The number of halogens is 1. The second kappa shape index (κ2) is 8.40. The van der Waals surface area contributed by atoms with Crippen molar-refractivity contribution in [2.45, 2.75) is 51.4 Å². The second-order valence-corrected chi connectivity index (χ2v) is 10.2. The topological polar surface area (TPSA) is 80.4 Å². The summed E-state index contributed by atoms with van der Waals surface area (Å²) in [5.74, 6) is 1.66. The molecule has 6 rings (SSSR count). The lowest BCUT2D eigenvalue weighted by atomic mass is 9.93. The summed E-state index contributed by atoms with van der Waals surface area (Å²) in [5.41, 5.74) is 6.09. The van der Waals surface area contributed by atoms with Crippen LogP contribution in [0.25, 0.3) is 21.3 Å². The van der Waals surface area contributed by atoms with Gasteiger partial charge >= 0.3 is 0 Å². The standard InChI is InChI=1S/C25H24ClN3O3S/c1-2-20(30)22-11-19-25(33-22)15(5-8-28-19)16-10-14(26)9-13-3-4-21(31-23(13)16)24-17-12-27-7-6-18(17)29-32-24/h5,8-11,20-21,27,30H,2-4,6-7,12H2,1H3/t20?,21-/m1/s1. The van der Waals surface area contributed by atoms with Crippen LogP contribution in [-0.4, -0.2) is 21.8 Å². The SMILES string of the molecule is CCC(O)c1cc2nccc(-c3cc(Cl)cc4c3O[C@@H](c3onc5c3CNCC5)CC4)c2s1. The Hall–Kier alpha value is -2.45. The van der Waals surface area contributed by atoms with Gasteiger partial charge in [0.1, 0.15) is 5.75 Å². The van der Waals surface area contributed by atoms with E-state index in [1.807, 2.05) is 31.2 Å². The molecule has 1 aromatic carbocycles. The van der Waals surface area contributed by atoms with Gasteiger partial charge in [0, 0.05) is 52.3 Å². The first kappa shape index (κ1) is 21.1. The van der Waals surface area contributed by atoms with Crippen molar-refractivity contribution in [1.29, 1.82) is 0 Å². The van der Waals surface area contributed by atoms with Gasteiger partial charge in [0.25, 0.3) is 0 Å². The molecular weight excluding hydrogens is 458 g/mol. The number of rotatable bonds is 4. The van der Waals surface area contributed by atoms with Crippen LogP contribution in [-0.2, 0) is 19.4 Å². The number of ether oxygens (including phenoxy) is 1. The lowest BCUT2D eigenvalue weighted by Crippen LogP contribution is -2.25. The highest BCUT2D eigenvalue weighted by molar-refractivity contribution is 7.19. The van der Waals surface area contributed by atoms with Gasteiger partial charge in [-0.2, -0.15) is 0 Å². The number of aliphatic hydroxyl groups excluding tert-OH is 1. The van der Waals surface area contributed by atoms with E-state index in [2.05, 4.69) is 15.5 Å². The van der Waals surface area contributed by atoms with Crippen molar-refractivity contribution in [3.63, 3.8) is 0 Å². The molecule has 0 amide bonds. The molecule has 0 aliphatic carbocycles. The van der Waals surface area contributed by atoms with Crippen molar-refractivity contribution in [2.24, 2.45) is 0 Å². The molecule has 6 nitrogen and oxygen atoms in total. The Bertz CT molecular complexity index is 1350. The van der Waals surface area contributed by atoms with Crippen LogP contribution in [0.2, 0.25) is 5.02 Å². The van der Waals surface area contributed by atoms with Crippen LogP contribution in [0.1, 0.15) is 59.4 Å². The summed E-state index contributed by atoms with van der Waals surface area (Å²) >= 11 is 8.12. The van der Waals surface area contributed by atoms with Gasteiger partial charge in [-0.25, -0.2) is 0 Å². The minimum Gasteiger partial charge on any atom is -0.481 e. The number of aromatic nitrogens is 2. The average molecular weight is 482 g/mol. The number of aryl methyl sites for hydroxylation is 1. The van der Waals surface area contributed by atoms with Crippen LogP contribution >= 0.6 is 22.9 Å². The molecule has 3 aromatic heterocycles. The quantitative estimate of drug-likeness (QED) is 0.385. The predicted molar refractivity (Wildman–Crippen MR) is 129 cm³/mol. The number of hydrogen-bond donors (Lipinski definition) is 2.